The molecule has 0 spiro atoms. The van der Waals surface area contributed by atoms with Crippen molar-refractivity contribution in [2.45, 2.75) is 25.3 Å². The Balaban J connectivity index is 1.29. The summed E-state index contributed by atoms with van der Waals surface area (Å²) in [6.45, 7) is 6.83. The van der Waals surface area contributed by atoms with Gasteiger partial charge in [-0.25, -0.2) is 13.4 Å². The second-order valence-corrected chi connectivity index (χ2v) is 14.5. The minimum Gasteiger partial charge on any atom is -0.494 e. The first kappa shape index (κ1) is 30.5. The summed E-state index contributed by atoms with van der Waals surface area (Å²) in [7, 11) is 2.15. The number of piperidine rings is 1. The maximum absolute atomic E-state index is 13.0. The van der Waals surface area contributed by atoms with Gasteiger partial charge in [-0.2, -0.15) is 9.97 Å². The molecule has 4 aromatic rings. The van der Waals surface area contributed by atoms with Crippen molar-refractivity contribution in [2.75, 3.05) is 86.1 Å². The Labute approximate surface area is 270 Å². The largest absolute Gasteiger partial charge is 0.494 e. The molecule has 0 radical (unpaired) electrons. The Morgan fingerprint density at radius 3 is 2.43 bits per heavy atom. The number of para-hydroxylation sites is 1. The maximum Gasteiger partial charge on any atom is 0.238 e. The van der Waals surface area contributed by atoms with Crippen molar-refractivity contribution in [1.82, 2.24) is 29.3 Å². The lowest BCUT2D eigenvalue weighted by Gasteiger charge is -2.42. The Morgan fingerprint density at radius 2 is 1.72 bits per heavy atom. The SMILES string of the molecule is COc1cc(N2CCC(N3CCN(C)CC3)CC2)ccc1N(c1nc(N)c2ncn(C)c2n1)c1cccc2c1N(S(C)(=O)=O)CC2. The lowest BCUT2D eigenvalue weighted by atomic mass is 10.0. The Kier molecular flexibility index (Phi) is 7.89. The molecule has 14 heteroatoms. The summed E-state index contributed by atoms with van der Waals surface area (Å²) < 4.78 is 35.2. The molecule has 0 atom stereocenters. The van der Waals surface area contributed by atoms with Crippen LogP contribution in [0.2, 0.25) is 0 Å². The molecule has 2 saturated heterocycles. The molecule has 3 aliphatic heterocycles. The van der Waals surface area contributed by atoms with Gasteiger partial charge in [-0.1, -0.05) is 12.1 Å². The summed E-state index contributed by atoms with van der Waals surface area (Å²) in [5.41, 5.74) is 11.4. The van der Waals surface area contributed by atoms with E-state index in [4.69, 9.17) is 20.4 Å². The van der Waals surface area contributed by atoms with Gasteiger partial charge in [0, 0.05) is 70.7 Å². The fraction of sp³-hybridized carbons (Fsp3) is 0.469. The van der Waals surface area contributed by atoms with Crippen LogP contribution < -0.4 is 24.6 Å². The molecule has 5 heterocycles. The van der Waals surface area contributed by atoms with Crippen molar-refractivity contribution in [3.63, 3.8) is 0 Å². The van der Waals surface area contributed by atoms with E-state index in [0.717, 1.165) is 63.4 Å². The number of methoxy groups -OCH3 is 1. The van der Waals surface area contributed by atoms with E-state index in [1.807, 2.05) is 36.2 Å². The van der Waals surface area contributed by atoms with Gasteiger partial charge in [0.05, 0.1) is 36.8 Å². The molecule has 46 heavy (non-hydrogen) atoms. The predicted octanol–water partition coefficient (Wildman–Crippen LogP) is 2.96. The van der Waals surface area contributed by atoms with Crippen LogP contribution in [0.1, 0.15) is 18.4 Å². The number of hydrogen-bond donors (Lipinski definition) is 1. The Hall–Kier alpha value is -4.14. The van der Waals surface area contributed by atoms with Crippen molar-refractivity contribution in [2.24, 2.45) is 7.05 Å². The third-order valence-corrected chi connectivity index (χ3v) is 10.8. The van der Waals surface area contributed by atoms with Crippen LogP contribution in [0.5, 0.6) is 5.75 Å². The topological polar surface area (TPSA) is 129 Å². The maximum atomic E-state index is 13.0. The molecule has 2 aromatic heterocycles. The molecule has 0 amide bonds. The van der Waals surface area contributed by atoms with Crippen molar-refractivity contribution in [3.8, 4) is 5.75 Å². The molecule has 0 bridgehead atoms. The zero-order valence-electron chi connectivity index (χ0n) is 26.9. The second-order valence-electron chi connectivity index (χ2n) is 12.6. The number of rotatable bonds is 7. The quantitative estimate of drug-likeness (QED) is 0.318. The summed E-state index contributed by atoms with van der Waals surface area (Å²) in [5.74, 6) is 1.14. The van der Waals surface area contributed by atoms with Gasteiger partial charge in [0.1, 0.15) is 11.3 Å². The number of hydrogen-bond acceptors (Lipinski definition) is 11. The van der Waals surface area contributed by atoms with Crippen molar-refractivity contribution in [1.29, 1.82) is 0 Å². The zero-order valence-corrected chi connectivity index (χ0v) is 27.7. The van der Waals surface area contributed by atoms with Gasteiger partial charge in [-0.05, 0) is 50.1 Å². The first-order valence-electron chi connectivity index (χ1n) is 15.8. The highest BCUT2D eigenvalue weighted by Gasteiger charge is 2.34. The van der Waals surface area contributed by atoms with Crippen LogP contribution in [0.25, 0.3) is 11.2 Å². The highest BCUT2D eigenvalue weighted by molar-refractivity contribution is 7.92. The van der Waals surface area contributed by atoms with Crippen LogP contribution >= 0.6 is 0 Å². The monoisotopic (exact) mass is 646 g/mol. The first-order valence-corrected chi connectivity index (χ1v) is 17.7. The van der Waals surface area contributed by atoms with E-state index in [-0.39, 0.29) is 5.82 Å². The number of nitrogens with two attached hydrogens (primary N) is 1. The summed E-state index contributed by atoms with van der Waals surface area (Å²) in [5, 5.41) is 0. The number of likely N-dealkylation sites (N-methyl/N-ethyl adjacent to an activating group) is 1. The van der Waals surface area contributed by atoms with Crippen LogP contribution in [0.3, 0.4) is 0 Å². The minimum absolute atomic E-state index is 0.233. The Morgan fingerprint density at radius 1 is 0.957 bits per heavy atom. The fourth-order valence-corrected chi connectivity index (χ4v) is 8.06. The summed E-state index contributed by atoms with van der Waals surface area (Å²) in [6, 6.07) is 12.6. The van der Waals surface area contributed by atoms with E-state index in [1.54, 1.807) is 18.0 Å². The van der Waals surface area contributed by atoms with Gasteiger partial charge in [-0.3, -0.25) is 14.1 Å². The van der Waals surface area contributed by atoms with E-state index in [0.29, 0.717) is 58.9 Å². The predicted molar refractivity (Wildman–Crippen MR) is 182 cm³/mol. The van der Waals surface area contributed by atoms with Crippen LogP contribution in [-0.4, -0.2) is 110 Å². The lowest BCUT2D eigenvalue weighted by molar-refractivity contribution is 0.0982. The summed E-state index contributed by atoms with van der Waals surface area (Å²) in [4.78, 5) is 23.3. The molecule has 2 aromatic carbocycles. The number of benzene rings is 2. The highest BCUT2D eigenvalue weighted by Crippen LogP contribution is 2.48. The molecule has 244 valence electrons. The molecular formula is C32H42N10O3S. The van der Waals surface area contributed by atoms with Crippen molar-refractivity contribution >= 4 is 55.7 Å². The van der Waals surface area contributed by atoms with E-state index >= 15 is 0 Å². The normalized spacial score (nSPS) is 18.3. The number of ether oxygens (including phenoxy) is 1. The number of fused-ring (bicyclic) bond motifs is 2. The van der Waals surface area contributed by atoms with E-state index in [1.165, 1.54) is 10.6 Å². The van der Waals surface area contributed by atoms with Gasteiger partial charge in [0.25, 0.3) is 0 Å². The summed E-state index contributed by atoms with van der Waals surface area (Å²) >= 11 is 0. The zero-order chi connectivity index (χ0) is 32.2. The number of sulfonamides is 1. The minimum atomic E-state index is -3.55. The van der Waals surface area contributed by atoms with Gasteiger partial charge in [-0.15, -0.1) is 0 Å². The highest BCUT2D eigenvalue weighted by atomic mass is 32.2. The molecule has 2 fully saturated rings. The van der Waals surface area contributed by atoms with Crippen molar-refractivity contribution in [3.05, 3.63) is 48.3 Å². The smallest absolute Gasteiger partial charge is 0.238 e. The number of nitrogens with zero attached hydrogens (tertiary/aromatic N) is 9. The molecule has 2 N–H and O–H groups in total. The number of piperazine rings is 1. The average molecular weight is 647 g/mol. The van der Waals surface area contributed by atoms with E-state index in [9.17, 15) is 8.42 Å². The van der Waals surface area contributed by atoms with Gasteiger partial charge < -0.3 is 24.8 Å². The average Bonchev–Trinajstić information content (AvgIpc) is 3.67. The number of anilines is 6. The molecule has 0 saturated carbocycles. The Bertz CT molecular complexity index is 1860. The van der Waals surface area contributed by atoms with Crippen LogP contribution in [0.15, 0.2) is 42.7 Å². The van der Waals surface area contributed by atoms with Crippen LogP contribution in [0.4, 0.5) is 34.5 Å². The van der Waals surface area contributed by atoms with Gasteiger partial charge in [0.15, 0.2) is 11.5 Å². The second kappa shape index (κ2) is 11.9. The third kappa shape index (κ3) is 5.47. The lowest BCUT2D eigenvalue weighted by Crippen LogP contribution is -2.52. The standard InChI is InChI=1S/C32H42N10O3S/c1-37-16-18-40(19-17-37)23-11-13-39(14-12-23)24-8-9-25(27(20-24)45-3)42(32-35-30(33)28-31(36-32)38(2)21-34-28)26-7-5-6-22-10-15-41(29(22)26)46(4,43)44/h5-9,20-21,23H,10-19H2,1-4H3,(H2,33,35,36). The van der Waals surface area contributed by atoms with Gasteiger partial charge in [0.2, 0.25) is 16.0 Å². The molecular weight excluding hydrogens is 604 g/mol. The van der Waals surface area contributed by atoms with Crippen molar-refractivity contribution < 1.29 is 13.2 Å². The number of imidazole rings is 1. The number of aryl methyl sites for hydroxylation is 1. The molecule has 0 unspecified atom stereocenters. The summed E-state index contributed by atoms with van der Waals surface area (Å²) in [6.07, 6.45) is 5.73. The van der Waals surface area contributed by atoms with Crippen LogP contribution in [0, 0.1) is 0 Å². The van der Waals surface area contributed by atoms with E-state index < -0.39 is 10.0 Å². The molecule has 7 rings (SSSR count). The molecule has 0 aliphatic carbocycles. The first-order chi connectivity index (χ1) is 22.1. The molecule has 3 aliphatic rings. The number of aromatic nitrogens is 4. The third-order valence-electron chi connectivity index (χ3n) is 9.64. The fourth-order valence-electron chi connectivity index (χ4n) is 7.10. The number of nitrogen functional groups attached to an aromatic ring is 1. The van der Waals surface area contributed by atoms with E-state index in [2.05, 4.69) is 38.9 Å². The van der Waals surface area contributed by atoms with Gasteiger partial charge >= 0.3 is 0 Å². The molecule has 13 nitrogen and oxygen atoms in total. The van der Waals surface area contributed by atoms with Crippen LogP contribution in [-0.2, 0) is 23.5 Å².